The van der Waals surface area contributed by atoms with Gasteiger partial charge in [-0.1, -0.05) is 39.5 Å². The molecular weight excluding hydrogens is 451 g/mol. The summed E-state index contributed by atoms with van der Waals surface area (Å²) in [5, 5.41) is 0. The fourth-order valence-corrected chi connectivity index (χ4v) is 1.99. The van der Waals surface area contributed by atoms with Crippen LogP contribution in [0.2, 0.25) is 0 Å². The Hall–Kier alpha value is 0.966. The minimum atomic E-state index is 0. The molecule has 0 amide bonds. The SMILES string of the molecule is CC1=[C-]C(C)C=C1C.CC1=[C-]C(C)C=C1C.Cl.Cl.[CH3-].[CH3-].[GeH2]=[Zr]. The first-order valence-electron chi connectivity index (χ1n) is 6.33. The molecule has 0 N–H and O–H groups in total. The molecule has 2 aliphatic rings. The molecule has 0 aliphatic heterocycles. The third-order valence-electron chi connectivity index (χ3n) is 3.07. The van der Waals surface area contributed by atoms with Gasteiger partial charge in [-0.25, -0.2) is 22.3 Å². The average molecular weight is 483 g/mol. The van der Waals surface area contributed by atoms with Gasteiger partial charge in [0.05, 0.1) is 0 Å². The van der Waals surface area contributed by atoms with Crippen molar-refractivity contribution in [3.05, 3.63) is 61.4 Å². The van der Waals surface area contributed by atoms with Gasteiger partial charge in [0.2, 0.25) is 0 Å². The van der Waals surface area contributed by atoms with Crippen LogP contribution in [0.5, 0.6) is 0 Å². The predicted molar refractivity (Wildman–Crippen MR) is 107 cm³/mol. The second kappa shape index (κ2) is 18.3. The summed E-state index contributed by atoms with van der Waals surface area (Å²) in [5.41, 5.74) is 5.41. The fourth-order valence-electron chi connectivity index (χ4n) is 1.99. The van der Waals surface area contributed by atoms with Crippen molar-refractivity contribution in [2.75, 3.05) is 0 Å². The molecule has 130 valence electrons. The Kier molecular flexibility index (Phi) is 28.6. The van der Waals surface area contributed by atoms with Crippen LogP contribution in [-0.2, 0) is 21.6 Å². The molecule has 0 radical (unpaired) electrons. The zero-order valence-electron chi connectivity index (χ0n) is 15.3. The average Bonchev–Trinajstić information content (AvgIpc) is 2.74. The molecule has 0 saturated carbocycles. The second-order valence-electron chi connectivity index (χ2n) is 4.82. The summed E-state index contributed by atoms with van der Waals surface area (Å²) in [6, 6.07) is 0. The van der Waals surface area contributed by atoms with Gasteiger partial charge in [-0.15, -0.1) is 38.7 Å². The van der Waals surface area contributed by atoms with Gasteiger partial charge in [0.25, 0.3) is 0 Å². The van der Waals surface area contributed by atoms with E-state index < -0.39 is 0 Å². The van der Waals surface area contributed by atoms with E-state index in [1.165, 1.54) is 34.4 Å². The Labute approximate surface area is 172 Å². The van der Waals surface area contributed by atoms with Gasteiger partial charge >= 0.3 is 33.7 Å². The van der Waals surface area contributed by atoms with E-state index in [2.05, 4.69) is 65.8 Å². The maximum atomic E-state index is 3.29. The molecule has 2 unspecified atom stereocenters. The van der Waals surface area contributed by atoms with Crippen LogP contribution in [0.1, 0.15) is 41.5 Å². The third-order valence-corrected chi connectivity index (χ3v) is 3.07. The Morgan fingerprint density at radius 1 is 0.773 bits per heavy atom. The van der Waals surface area contributed by atoms with E-state index in [0.29, 0.717) is 11.8 Å². The summed E-state index contributed by atoms with van der Waals surface area (Å²) < 4.78 is 0. The summed E-state index contributed by atoms with van der Waals surface area (Å²) in [4.78, 5) is 0. The zero-order chi connectivity index (χ0) is 14.3. The van der Waals surface area contributed by atoms with Gasteiger partial charge in [0, 0.05) is 0 Å². The van der Waals surface area contributed by atoms with E-state index in [-0.39, 0.29) is 39.7 Å². The number of halogens is 2. The molecule has 0 bridgehead atoms. The summed E-state index contributed by atoms with van der Waals surface area (Å²) in [7, 11) is 0. The van der Waals surface area contributed by atoms with E-state index in [1.54, 1.807) is 21.6 Å². The van der Waals surface area contributed by atoms with Crippen molar-refractivity contribution >= 4 is 37.0 Å². The number of allylic oxidation sites excluding steroid dienone is 8. The number of rotatable bonds is 0. The quantitative estimate of drug-likeness (QED) is 0.316. The molecule has 0 saturated heterocycles. The molecule has 2 aliphatic carbocycles. The fraction of sp³-hybridized carbons (Fsp3) is 0.444. The third kappa shape index (κ3) is 13.4. The molecular formula is C18H32Cl2GeZr-4. The van der Waals surface area contributed by atoms with E-state index in [0.717, 1.165) is 0 Å². The van der Waals surface area contributed by atoms with Crippen molar-refractivity contribution in [2.45, 2.75) is 41.5 Å². The summed E-state index contributed by atoms with van der Waals surface area (Å²) in [6.45, 7) is 12.8. The van der Waals surface area contributed by atoms with Crippen molar-refractivity contribution in [1.82, 2.24) is 0 Å². The van der Waals surface area contributed by atoms with Crippen molar-refractivity contribution in [1.29, 1.82) is 0 Å². The predicted octanol–water partition coefficient (Wildman–Crippen LogP) is 5.49. The Balaban J connectivity index is -0.0000000676. The van der Waals surface area contributed by atoms with Gasteiger partial charge in [-0.05, 0) is 0 Å². The maximum absolute atomic E-state index is 3.29. The standard InChI is InChI=1S/2C8H11.2CH3.2ClH.GeH2.Zr/c2*1-6-4-7(2)8(3)5-6;;;;;;/h2*4,6H,1-3H3;2*1H3;2*1H;1H2;/q4*-1;;;;. The number of hydrogen-bond acceptors (Lipinski definition) is 0. The van der Waals surface area contributed by atoms with Gasteiger partial charge in [0.15, 0.2) is 0 Å². The molecule has 0 fully saturated rings. The van der Waals surface area contributed by atoms with Crippen molar-refractivity contribution in [2.24, 2.45) is 11.8 Å². The van der Waals surface area contributed by atoms with Crippen LogP contribution in [0.15, 0.2) is 34.4 Å². The van der Waals surface area contributed by atoms with Crippen molar-refractivity contribution < 1.29 is 21.6 Å². The van der Waals surface area contributed by atoms with Crippen LogP contribution in [0.25, 0.3) is 0 Å². The van der Waals surface area contributed by atoms with E-state index in [1.807, 2.05) is 0 Å². The molecule has 0 aromatic heterocycles. The second-order valence-corrected chi connectivity index (χ2v) is 4.82. The van der Waals surface area contributed by atoms with Crippen molar-refractivity contribution in [3.8, 4) is 0 Å². The van der Waals surface area contributed by atoms with Crippen LogP contribution >= 0.6 is 24.8 Å². The normalized spacial score (nSPS) is 20.2. The Morgan fingerprint density at radius 3 is 1.05 bits per heavy atom. The van der Waals surface area contributed by atoms with Crippen LogP contribution < -0.4 is 0 Å². The summed E-state index contributed by atoms with van der Waals surface area (Å²) in [6.07, 6.45) is 11.0. The molecule has 2 rings (SSSR count). The molecule has 2 atom stereocenters. The molecule has 0 aromatic carbocycles. The summed E-state index contributed by atoms with van der Waals surface area (Å²) >= 11 is 3.14. The first kappa shape index (κ1) is 34.3. The molecule has 22 heavy (non-hydrogen) atoms. The van der Waals surface area contributed by atoms with Crippen LogP contribution in [-0.4, -0.2) is 12.1 Å². The molecule has 0 aromatic rings. The summed E-state index contributed by atoms with van der Waals surface area (Å²) in [5.74, 6) is 1.10. The van der Waals surface area contributed by atoms with Gasteiger partial charge in [-0.2, -0.15) is 12.2 Å². The first-order valence-corrected chi connectivity index (χ1v) is 16.8. The molecule has 0 heterocycles. The van der Waals surface area contributed by atoms with Gasteiger partial charge < -0.3 is 14.9 Å². The Bertz CT molecular complexity index is 335. The molecule has 0 nitrogen and oxygen atoms in total. The van der Waals surface area contributed by atoms with Gasteiger partial charge in [-0.3, -0.25) is 12.2 Å². The zero-order valence-corrected chi connectivity index (χ0v) is 22.4. The van der Waals surface area contributed by atoms with E-state index >= 15 is 0 Å². The topological polar surface area (TPSA) is 0 Å². The Morgan fingerprint density at radius 2 is 1.00 bits per heavy atom. The monoisotopic (exact) mass is 482 g/mol. The van der Waals surface area contributed by atoms with Crippen molar-refractivity contribution in [3.63, 3.8) is 0 Å². The van der Waals surface area contributed by atoms with Gasteiger partial charge in [0.1, 0.15) is 0 Å². The van der Waals surface area contributed by atoms with E-state index in [9.17, 15) is 0 Å². The molecule has 0 spiro atoms. The van der Waals surface area contributed by atoms with Crippen LogP contribution in [0, 0.1) is 38.8 Å². The first-order chi connectivity index (χ1) is 8.40. The minimum absolute atomic E-state index is 0. The van der Waals surface area contributed by atoms with Crippen LogP contribution in [0.4, 0.5) is 0 Å². The molecule has 4 heteroatoms. The number of hydrogen-bond donors (Lipinski definition) is 0. The van der Waals surface area contributed by atoms with E-state index in [4.69, 9.17) is 0 Å². The van der Waals surface area contributed by atoms with Crippen LogP contribution in [0.3, 0.4) is 0 Å².